The number of benzene rings is 1. The molecule has 0 saturated carbocycles. The zero-order chi connectivity index (χ0) is 13.1. The van der Waals surface area contributed by atoms with Crippen molar-refractivity contribution >= 4 is 5.91 Å². The summed E-state index contributed by atoms with van der Waals surface area (Å²) >= 11 is 0. The first-order valence-electron chi connectivity index (χ1n) is 6.29. The van der Waals surface area contributed by atoms with Crippen molar-refractivity contribution in [2.45, 2.75) is 19.9 Å². The Balaban J connectivity index is 2.17. The fourth-order valence-electron chi connectivity index (χ4n) is 2.25. The maximum absolute atomic E-state index is 12.4. The van der Waals surface area contributed by atoms with Crippen molar-refractivity contribution in [3.8, 4) is 5.75 Å². The Bertz CT molecular complexity index is 445. The molecule has 1 aromatic carbocycles. The first-order valence-corrected chi connectivity index (χ1v) is 6.29. The highest BCUT2D eigenvalue weighted by molar-refractivity contribution is 5.94. The SMILES string of the molecule is COc1cc(C(=O)N2CCN[C@@H](C)C2)ccc1C. The summed E-state index contributed by atoms with van der Waals surface area (Å²) in [6.45, 7) is 6.44. The minimum Gasteiger partial charge on any atom is -0.496 e. The molecule has 98 valence electrons. The van der Waals surface area contributed by atoms with Crippen molar-refractivity contribution in [3.05, 3.63) is 29.3 Å². The van der Waals surface area contributed by atoms with Crippen LogP contribution in [0, 0.1) is 6.92 Å². The van der Waals surface area contributed by atoms with Crippen LogP contribution in [0.4, 0.5) is 0 Å². The number of nitrogens with one attached hydrogen (secondary N) is 1. The fraction of sp³-hybridized carbons (Fsp3) is 0.500. The topological polar surface area (TPSA) is 41.6 Å². The van der Waals surface area contributed by atoms with E-state index in [1.54, 1.807) is 7.11 Å². The zero-order valence-electron chi connectivity index (χ0n) is 11.2. The molecule has 0 aromatic heterocycles. The van der Waals surface area contributed by atoms with Crippen LogP contribution >= 0.6 is 0 Å². The minimum absolute atomic E-state index is 0.0849. The van der Waals surface area contributed by atoms with Gasteiger partial charge < -0.3 is 15.0 Å². The normalized spacial score (nSPS) is 19.7. The van der Waals surface area contributed by atoms with Gasteiger partial charge in [-0.1, -0.05) is 6.07 Å². The Morgan fingerprint density at radius 2 is 2.28 bits per heavy atom. The maximum Gasteiger partial charge on any atom is 0.254 e. The van der Waals surface area contributed by atoms with Gasteiger partial charge in [0.1, 0.15) is 5.75 Å². The van der Waals surface area contributed by atoms with Crippen LogP contribution in [0.3, 0.4) is 0 Å². The smallest absolute Gasteiger partial charge is 0.254 e. The van der Waals surface area contributed by atoms with Gasteiger partial charge in [-0.15, -0.1) is 0 Å². The van der Waals surface area contributed by atoms with Gasteiger partial charge >= 0.3 is 0 Å². The van der Waals surface area contributed by atoms with E-state index < -0.39 is 0 Å². The molecule has 0 spiro atoms. The van der Waals surface area contributed by atoms with Gasteiger partial charge in [0, 0.05) is 31.2 Å². The van der Waals surface area contributed by atoms with Crippen LogP contribution in [0.2, 0.25) is 0 Å². The zero-order valence-corrected chi connectivity index (χ0v) is 11.2. The molecule has 0 aliphatic carbocycles. The third-order valence-corrected chi connectivity index (χ3v) is 3.31. The highest BCUT2D eigenvalue weighted by Gasteiger charge is 2.22. The lowest BCUT2D eigenvalue weighted by Crippen LogP contribution is -2.51. The molecule has 1 aliphatic heterocycles. The summed E-state index contributed by atoms with van der Waals surface area (Å²) in [5, 5.41) is 3.33. The molecule has 18 heavy (non-hydrogen) atoms. The third kappa shape index (κ3) is 2.64. The van der Waals surface area contributed by atoms with Gasteiger partial charge in [-0.2, -0.15) is 0 Å². The minimum atomic E-state index is 0.0849. The Kier molecular flexibility index (Phi) is 3.87. The van der Waals surface area contributed by atoms with Crippen molar-refractivity contribution < 1.29 is 9.53 Å². The number of amides is 1. The molecule has 0 bridgehead atoms. The molecule has 1 N–H and O–H groups in total. The Morgan fingerprint density at radius 1 is 1.50 bits per heavy atom. The van der Waals surface area contributed by atoms with Crippen molar-refractivity contribution in [2.24, 2.45) is 0 Å². The first kappa shape index (κ1) is 12.9. The summed E-state index contributed by atoms with van der Waals surface area (Å²) < 4.78 is 5.26. The van der Waals surface area contributed by atoms with Crippen molar-refractivity contribution in [2.75, 3.05) is 26.7 Å². The van der Waals surface area contributed by atoms with Gasteiger partial charge in [0.25, 0.3) is 5.91 Å². The van der Waals surface area contributed by atoms with E-state index in [9.17, 15) is 4.79 Å². The number of hydrogen-bond acceptors (Lipinski definition) is 3. The summed E-state index contributed by atoms with van der Waals surface area (Å²) in [6, 6.07) is 5.98. The molecule has 1 aromatic rings. The fourth-order valence-corrected chi connectivity index (χ4v) is 2.25. The Hall–Kier alpha value is -1.55. The number of ether oxygens (including phenoxy) is 1. The summed E-state index contributed by atoms with van der Waals surface area (Å²) in [6.07, 6.45) is 0. The average molecular weight is 248 g/mol. The van der Waals surface area contributed by atoms with E-state index in [4.69, 9.17) is 4.74 Å². The van der Waals surface area contributed by atoms with E-state index in [-0.39, 0.29) is 5.91 Å². The third-order valence-electron chi connectivity index (χ3n) is 3.31. The predicted molar refractivity (Wildman–Crippen MR) is 71.1 cm³/mol. The number of carbonyl (C=O) groups is 1. The lowest BCUT2D eigenvalue weighted by atomic mass is 10.1. The number of hydrogen-bond donors (Lipinski definition) is 1. The molecule has 1 aliphatic rings. The Labute approximate surface area is 108 Å². The summed E-state index contributed by atoms with van der Waals surface area (Å²) in [5.74, 6) is 0.852. The van der Waals surface area contributed by atoms with Crippen LogP contribution in [-0.4, -0.2) is 43.6 Å². The van der Waals surface area contributed by atoms with Gasteiger partial charge in [-0.05, 0) is 31.5 Å². The molecule has 1 fully saturated rings. The van der Waals surface area contributed by atoms with Crippen LogP contribution in [0.15, 0.2) is 18.2 Å². The van der Waals surface area contributed by atoms with Gasteiger partial charge in [0.2, 0.25) is 0 Å². The summed E-state index contributed by atoms with van der Waals surface area (Å²) in [4.78, 5) is 14.3. The molecule has 1 amide bonds. The van der Waals surface area contributed by atoms with Crippen LogP contribution in [0.25, 0.3) is 0 Å². The number of carbonyl (C=O) groups excluding carboxylic acids is 1. The predicted octanol–water partition coefficient (Wildman–Crippen LogP) is 1.44. The summed E-state index contributed by atoms with van der Waals surface area (Å²) in [5.41, 5.74) is 1.74. The van der Waals surface area contributed by atoms with E-state index >= 15 is 0 Å². The lowest BCUT2D eigenvalue weighted by Gasteiger charge is -2.32. The Morgan fingerprint density at radius 3 is 2.94 bits per heavy atom. The quantitative estimate of drug-likeness (QED) is 0.861. The second-order valence-corrected chi connectivity index (χ2v) is 4.79. The molecule has 0 unspecified atom stereocenters. The second kappa shape index (κ2) is 5.40. The van der Waals surface area contributed by atoms with Crippen molar-refractivity contribution in [1.82, 2.24) is 10.2 Å². The number of aryl methyl sites for hydroxylation is 1. The second-order valence-electron chi connectivity index (χ2n) is 4.79. The number of piperazine rings is 1. The van der Waals surface area contributed by atoms with E-state index in [1.165, 1.54) is 0 Å². The molecule has 4 nitrogen and oxygen atoms in total. The molecule has 1 saturated heterocycles. The van der Waals surface area contributed by atoms with Crippen molar-refractivity contribution in [3.63, 3.8) is 0 Å². The van der Waals surface area contributed by atoms with E-state index in [0.29, 0.717) is 11.6 Å². The van der Waals surface area contributed by atoms with Crippen molar-refractivity contribution in [1.29, 1.82) is 0 Å². The average Bonchev–Trinajstić information content (AvgIpc) is 2.38. The number of rotatable bonds is 2. The molecule has 2 rings (SSSR count). The van der Waals surface area contributed by atoms with Gasteiger partial charge in [0.15, 0.2) is 0 Å². The standard InChI is InChI=1S/C14H20N2O2/c1-10-4-5-12(8-13(10)18-3)14(17)16-7-6-15-11(2)9-16/h4-5,8,11,15H,6-7,9H2,1-3H3/t11-/m0/s1. The van der Waals surface area contributed by atoms with Gasteiger partial charge in [0.05, 0.1) is 7.11 Å². The van der Waals surface area contributed by atoms with Crippen LogP contribution in [0.5, 0.6) is 5.75 Å². The highest BCUT2D eigenvalue weighted by atomic mass is 16.5. The first-order chi connectivity index (χ1) is 8.61. The van der Waals surface area contributed by atoms with E-state index in [2.05, 4.69) is 12.2 Å². The summed E-state index contributed by atoms with van der Waals surface area (Å²) in [7, 11) is 1.63. The molecule has 1 atom stereocenters. The molecular weight excluding hydrogens is 228 g/mol. The van der Waals surface area contributed by atoms with Crippen LogP contribution < -0.4 is 10.1 Å². The van der Waals surface area contributed by atoms with E-state index in [0.717, 1.165) is 30.9 Å². The molecule has 1 heterocycles. The largest absolute Gasteiger partial charge is 0.496 e. The molecular formula is C14H20N2O2. The lowest BCUT2D eigenvalue weighted by molar-refractivity contribution is 0.0708. The van der Waals surface area contributed by atoms with Crippen LogP contribution in [-0.2, 0) is 0 Å². The molecule has 4 heteroatoms. The highest BCUT2D eigenvalue weighted by Crippen LogP contribution is 2.20. The molecule has 0 radical (unpaired) electrons. The number of methoxy groups -OCH3 is 1. The van der Waals surface area contributed by atoms with E-state index in [1.807, 2.05) is 30.0 Å². The van der Waals surface area contributed by atoms with Gasteiger partial charge in [-0.3, -0.25) is 4.79 Å². The van der Waals surface area contributed by atoms with Crippen LogP contribution in [0.1, 0.15) is 22.8 Å². The van der Waals surface area contributed by atoms with Gasteiger partial charge in [-0.25, -0.2) is 0 Å². The maximum atomic E-state index is 12.4. The number of nitrogens with zero attached hydrogens (tertiary/aromatic N) is 1. The monoisotopic (exact) mass is 248 g/mol.